The number of aromatic amines is 1. The van der Waals surface area contributed by atoms with Crippen molar-refractivity contribution in [2.45, 2.75) is 31.2 Å². The Bertz CT molecular complexity index is 739. The highest BCUT2D eigenvalue weighted by Gasteiger charge is 2.22. The van der Waals surface area contributed by atoms with Crippen LogP contribution in [0.25, 0.3) is 0 Å². The third kappa shape index (κ3) is 4.47. The van der Waals surface area contributed by atoms with Crippen molar-refractivity contribution in [1.82, 2.24) is 14.6 Å². The van der Waals surface area contributed by atoms with Gasteiger partial charge < -0.3 is 4.98 Å². The van der Waals surface area contributed by atoms with E-state index in [1.807, 2.05) is 31.3 Å². The molecule has 6 heteroatoms. The molecular formula is C18H25N3O2S. The average molecular weight is 347 g/mol. The van der Waals surface area contributed by atoms with Gasteiger partial charge in [0, 0.05) is 31.5 Å². The molecule has 1 fully saturated rings. The number of nitrogens with zero attached hydrogens (tertiary/aromatic N) is 1. The van der Waals surface area contributed by atoms with Gasteiger partial charge in [-0.05, 0) is 56.5 Å². The van der Waals surface area contributed by atoms with Crippen LogP contribution in [0.2, 0.25) is 0 Å². The molecule has 1 saturated heterocycles. The van der Waals surface area contributed by atoms with Crippen molar-refractivity contribution in [2.75, 3.05) is 19.6 Å². The van der Waals surface area contributed by atoms with E-state index in [4.69, 9.17) is 0 Å². The quantitative estimate of drug-likeness (QED) is 0.844. The van der Waals surface area contributed by atoms with E-state index < -0.39 is 10.0 Å². The summed E-state index contributed by atoms with van der Waals surface area (Å²) in [6.45, 7) is 5.34. The van der Waals surface area contributed by atoms with E-state index in [1.54, 1.807) is 12.1 Å². The minimum atomic E-state index is -3.42. The molecule has 0 aliphatic carbocycles. The SMILES string of the molecule is Cc1ccc(S(=O)(=O)NC[C@@H]2CCCN(Cc3ccc[nH]3)C2)cc1. The molecule has 0 amide bonds. The summed E-state index contributed by atoms with van der Waals surface area (Å²) < 4.78 is 27.6. The number of benzene rings is 1. The highest BCUT2D eigenvalue weighted by atomic mass is 32.2. The van der Waals surface area contributed by atoms with Gasteiger partial charge in [-0.25, -0.2) is 13.1 Å². The number of hydrogen-bond donors (Lipinski definition) is 2. The molecule has 130 valence electrons. The Hall–Kier alpha value is -1.63. The number of aromatic nitrogens is 1. The number of H-pyrrole nitrogens is 1. The third-order valence-corrected chi connectivity index (χ3v) is 5.99. The van der Waals surface area contributed by atoms with Crippen molar-refractivity contribution in [3.63, 3.8) is 0 Å². The molecule has 1 atom stereocenters. The Morgan fingerprint density at radius 3 is 2.75 bits per heavy atom. The van der Waals surface area contributed by atoms with E-state index in [-0.39, 0.29) is 0 Å². The third-order valence-electron chi connectivity index (χ3n) is 4.55. The highest BCUT2D eigenvalue weighted by molar-refractivity contribution is 7.89. The van der Waals surface area contributed by atoms with Crippen molar-refractivity contribution in [2.24, 2.45) is 5.92 Å². The van der Waals surface area contributed by atoms with Gasteiger partial charge in [-0.2, -0.15) is 0 Å². The highest BCUT2D eigenvalue weighted by Crippen LogP contribution is 2.18. The first kappa shape index (κ1) is 17.2. The molecule has 1 aromatic carbocycles. The molecule has 0 saturated carbocycles. The van der Waals surface area contributed by atoms with Gasteiger partial charge in [-0.1, -0.05) is 17.7 Å². The van der Waals surface area contributed by atoms with Crippen LogP contribution in [0.5, 0.6) is 0 Å². The van der Waals surface area contributed by atoms with Gasteiger partial charge in [-0.15, -0.1) is 0 Å². The second-order valence-corrected chi connectivity index (χ2v) is 8.37. The zero-order valence-electron chi connectivity index (χ0n) is 14.0. The summed E-state index contributed by atoms with van der Waals surface area (Å²) >= 11 is 0. The minimum Gasteiger partial charge on any atom is -0.364 e. The van der Waals surface area contributed by atoms with Crippen LogP contribution in [-0.2, 0) is 16.6 Å². The monoisotopic (exact) mass is 347 g/mol. The van der Waals surface area contributed by atoms with Crippen LogP contribution in [-0.4, -0.2) is 37.9 Å². The van der Waals surface area contributed by atoms with Gasteiger partial charge in [-0.3, -0.25) is 4.90 Å². The minimum absolute atomic E-state index is 0.340. The first-order chi connectivity index (χ1) is 11.5. The second-order valence-electron chi connectivity index (χ2n) is 6.60. The Kier molecular flexibility index (Phi) is 5.38. The maximum absolute atomic E-state index is 12.4. The number of hydrogen-bond acceptors (Lipinski definition) is 3. The second kappa shape index (κ2) is 7.51. The summed E-state index contributed by atoms with van der Waals surface area (Å²) in [5.74, 6) is 0.355. The summed E-state index contributed by atoms with van der Waals surface area (Å²) in [5.41, 5.74) is 2.26. The number of aryl methyl sites for hydroxylation is 1. The number of likely N-dealkylation sites (tertiary alicyclic amines) is 1. The van der Waals surface area contributed by atoms with Gasteiger partial charge >= 0.3 is 0 Å². The molecule has 1 aliphatic heterocycles. The van der Waals surface area contributed by atoms with Gasteiger partial charge in [0.05, 0.1) is 4.90 Å². The van der Waals surface area contributed by atoms with E-state index in [0.717, 1.165) is 38.0 Å². The van der Waals surface area contributed by atoms with Crippen LogP contribution in [0.4, 0.5) is 0 Å². The maximum atomic E-state index is 12.4. The summed E-state index contributed by atoms with van der Waals surface area (Å²) in [6.07, 6.45) is 4.11. The lowest BCUT2D eigenvalue weighted by Gasteiger charge is -2.32. The van der Waals surface area contributed by atoms with Crippen LogP contribution in [0.1, 0.15) is 24.1 Å². The standard InChI is InChI=1S/C18H25N3O2S/c1-15-6-8-18(9-7-15)24(22,23)20-12-16-4-3-11-21(13-16)14-17-5-2-10-19-17/h2,5-10,16,19-20H,3-4,11-14H2,1H3/t16-/m0/s1. The lowest BCUT2D eigenvalue weighted by atomic mass is 9.98. The molecule has 2 N–H and O–H groups in total. The van der Waals surface area contributed by atoms with Crippen molar-refractivity contribution in [1.29, 1.82) is 0 Å². The Morgan fingerprint density at radius 1 is 1.25 bits per heavy atom. The van der Waals surface area contributed by atoms with Gasteiger partial charge in [0.2, 0.25) is 10.0 Å². The van der Waals surface area contributed by atoms with Gasteiger partial charge in [0.15, 0.2) is 0 Å². The first-order valence-electron chi connectivity index (χ1n) is 8.44. The fraction of sp³-hybridized carbons (Fsp3) is 0.444. The van der Waals surface area contributed by atoms with E-state index in [1.165, 1.54) is 5.69 Å². The van der Waals surface area contributed by atoms with Crippen LogP contribution >= 0.6 is 0 Å². The lowest BCUT2D eigenvalue weighted by molar-refractivity contribution is 0.167. The fourth-order valence-corrected chi connectivity index (χ4v) is 4.31. The number of rotatable bonds is 6. The first-order valence-corrected chi connectivity index (χ1v) is 9.92. The normalized spacial score (nSPS) is 19.5. The predicted molar refractivity (Wildman–Crippen MR) is 95.2 cm³/mol. The Balaban J connectivity index is 1.54. The van der Waals surface area contributed by atoms with Gasteiger partial charge in [0.1, 0.15) is 0 Å². The van der Waals surface area contributed by atoms with Crippen molar-refractivity contribution in [3.8, 4) is 0 Å². The maximum Gasteiger partial charge on any atom is 0.240 e. The van der Waals surface area contributed by atoms with E-state index in [0.29, 0.717) is 17.4 Å². The molecule has 3 rings (SSSR count). The summed E-state index contributed by atoms with van der Waals surface area (Å²) in [5, 5.41) is 0. The van der Waals surface area contributed by atoms with E-state index in [2.05, 4.69) is 20.7 Å². The van der Waals surface area contributed by atoms with E-state index in [9.17, 15) is 8.42 Å². The number of piperidine rings is 1. The van der Waals surface area contributed by atoms with Crippen molar-refractivity contribution >= 4 is 10.0 Å². The molecule has 24 heavy (non-hydrogen) atoms. The molecule has 2 aromatic rings. The van der Waals surface area contributed by atoms with Crippen LogP contribution in [0, 0.1) is 12.8 Å². The lowest BCUT2D eigenvalue weighted by Crippen LogP contribution is -2.40. The average Bonchev–Trinajstić information content (AvgIpc) is 3.07. The van der Waals surface area contributed by atoms with Crippen LogP contribution in [0.15, 0.2) is 47.5 Å². The molecule has 1 aromatic heterocycles. The number of nitrogens with one attached hydrogen (secondary N) is 2. The van der Waals surface area contributed by atoms with Crippen molar-refractivity contribution in [3.05, 3.63) is 53.9 Å². The number of sulfonamides is 1. The molecule has 0 bridgehead atoms. The smallest absolute Gasteiger partial charge is 0.240 e. The molecule has 5 nitrogen and oxygen atoms in total. The fourth-order valence-electron chi connectivity index (χ4n) is 3.20. The molecule has 2 heterocycles. The predicted octanol–water partition coefficient (Wildman–Crippen LogP) is 2.51. The Labute approximate surface area is 144 Å². The molecule has 1 aliphatic rings. The van der Waals surface area contributed by atoms with Gasteiger partial charge in [0.25, 0.3) is 0 Å². The molecule has 0 radical (unpaired) electrons. The molecular weight excluding hydrogens is 322 g/mol. The molecule has 0 spiro atoms. The zero-order valence-corrected chi connectivity index (χ0v) is 14.8. The van der Waals surface area contributed by atoms with Crippen molar-refractivity contribution < 1.29 is 8.42 Å². The largest absolute Gasteiger partial charge is 0.364 e. The summed E-state index contributed by atoms with van der Waals surface area (Å²) in [7, 11) is -3.42. The molecule has 0 unspecified atom stereocenters. The van der Waals surface area contributed by atoms with Crippen LogP contribution in [0.3, 0.4) is 0 Å². The summed E-state index contributed by atoms with van der Waals surface area (Å²) in [4.78, 5) is 5.96. The zero-order chi connectivity index (χ0) is 17.0. The topological polar surface area (TPSA) is 65.2 Å². The Morgan fingerprint density at radius 2 is 2.04 bits per heavy atom. The van der Waals surface area contributed by atoms with Crippen LogP contribution < -0.4 is 4.72 Å². The van der Waals surface area contributed by atoms with E-state index >= 15 is 0 Å². The summed E-state index contributed by atoms with van der Waals surface area (Å²) in [6, 6.07) is 11.1.